The fraction of sp³-hybridized carbons (Fsp3) is 0.600. The lowest BCUT2D eigenvalue weighted by Crippen LogP contribution is -2.37. The molecule has 1 aromatic rings. The molecule has 0 aliphatic heterocycles. The molecule has 0 atom stereocenters. The van der Waals surface area contributed by atoms with Crippen LogP contribution in [0.3, 0.4) is 0 Å². The van der Waals surface area contributed by atoms with Crippen molar-refractivity contribution < 1.29 is 8.42 Å². The van der Waals surface area contributed by atoms with Gasteiger partial charge in [0.25, 0.3) is 0 Å². The molecule has 0 aromatic heterocycles. The Morgan fingerprint density at radius 3 is 2.30 bits per heavy atom. The monoisotopic (exact) mass is 296 g/mol. The second-order valence-electron chi connectivity index (χ2n) is 6.14. The van der Waals surface area contributed by atoms with Crippen LogP contribution in [0, 0.1) is 19.8 Å². The van der Waals surface area contributed by atoms with E-state index >= 15 is 0 Å². The first-order valence-corrected chi connectivity index (χ1v) is 8.56. The van der Waals surface area contributed by atoms with Crippen LogP contribution >= 0.6 is 0 Å². The van der Waals surface area contributed by atoms with E-state index in [1.807, 2.05) is 39.8 Å². The Bertz CT molecular complexity index is 605. The molecule has 5 heteroatoms. The molecule has 20 heavy (non-hydrogen) atoms. The fourth-order valence-corrected chi connectivity index (χ4v) is 4.68. The van der Waals surface area contributed by atoms with Crippen LogP contribution in [0.2, 0.25) is 0 Å². The predicted molar refractivity (Wildman–Crippen MR) is 82.1 cm³/mol. The highest BCUT2D eigenvalue weighted by Gasteiger charge is 2.39. The molecule has 0 bridgehead atoms. The summed E-state index contributed by atoms with van der Waals surface area (Å²) in [5.74, 6) is 0.303. The molecule has 1 aromatic carbocycles. The first-order chi connectivity index (χ1) is 9.25. The molecule has 1 aliphatic rings. The van der Waals surface area contributed by atoms with E-state index in [1.54, 1.807) is 4.31 Å². The number of nitrogens with two attached hydrogens (primary N) is 1. The van der Waals surface area contributed by atoms with Gasteiger partial charge in [0.15, 0.2) is 0 Å². The number of aryl methyl sites for hydroxylation is 2. The van der Waals surface area contributed by atoms with Gasteiger partial charge in [-0.3, -0.25) is 0 Å². The Morgan fingerprint density at radius 2 is 1.80 bits per heavy atom. The molecule has 112 valence electrons. The van der Waals surface area contributed by atoms with Crippen LogP contribution in [0.5, 0.6) is 0 Å². The standard InChI is InChI=1S/C15H24N2O2S/c1-10(2)9-17(13-7-8-13)20(18,19)15-12(4)6-5-11(3)14(15)16/h5-6,10,13H,7-9,16H2,1-4H3. The lowest BCUT2D eigenvalue weighted by atomic mass is 10.1. The molecule has 0 spiro atoms. The molecule has 0 saturated heterocycles. The van der Waals surface area contributed by atoms with E-state index in [-0.39, 0.29) is 6.04 Å². The molecule has 1 aliphatic carbocycles. The average Bonchev–Trinajstić information content (AvgIpc) is 3.15. The van der Waals surface area contributed by atoms with Gasteiger partial charge in [-0.1, -0.05) is 26.0 Å². The van der Waals surface area contributed by atoms with E-state index in [2.05, 4.69) is 0 Å². The van der Waals surface area contributed by atoms with Gasteiger partial charge in [0.1, 0.15) is 4.90 Å². The van der Waals surface area contributed by atoms with Gasteiger partial charge in [0, 0.05) is 12.6 Å². The van der Waals surface area contributed by atoms with E-state index in [0.29, 0.717) is 23.0 Å². The molecule has 1 fully saturated rings. The second kappa shape index (κ2) is 5.37. The molecular formula is C15H24N2O2S. The second-order valence-corrected chi connectivity index (χ2v) is 7.97. The quantitative estimate of drug-likeness (QED) is 0.850. The van der Waals surface area contributed by atoms with Gasteiger partial charge in [0.2, 0.25) is 10.0 Å². The van der Waals surface area contributed by atoms with Crippen LogP contribution < -0.4 is 5.73 Å². The van der Waals surface area contributed by atoms with Crippen molar-refractivity contribution in [1.29, 1.82) is 0 Å². The smallest absolute Gasteiger partial charge is 0.245 e. The summed E-state index contributed by atoms with van der Waals surface area (Å²) in [7, 11) is -3.51. The Kier molecular flexibility index (Phi) is 4.12. The zero-order chi connectivity index (χ0) is 15.1. The summed E-state index contributed by atoms with van der Waals surface area (Å²) in [5, 5.41) is 0. The summed E-state index contributed by atoms with van der Waals surface area (Å²) in [4.78, 5) is 0.296. The minimum atomic E-state index is -3.51. The minimum Gasteiger partial charge on any atom is -0.397 e. The van der Waals surface area contributed by atoms with Crippen molar-refractivity contribution in [2.45, 2.75) is 51.5 Å². The van der Waals surface area contributed by atoms with Gasteiger partial charge in [0.05, 0.1) is 5.69 Å². The van der Waals surface area contributed by atoms with Crippen molar-refractivity contribution in [3.8, 4) is 0 Å². The normalized spacial score (nSPS) is 16.1. The molecule has 2 N–H and O–H groups in total. The zero-order valence-corrected chi connectivity index (χ0v) is 13.5. The Hall–Kier alpha value is -1.07. The number of anilines is 1. The Morgan fingerprint density at radius 1 is 1.25 bits per heavy atom. The van der Waals surface area contributed by atoms with Crippen molar-refractivity contribution >= 4 is 15.7 Å². The molecular weight excluding hydrogens is 272 g/mol. The number of hydrogen-bond donors (Lipinski definition) is 1. The molecule has 0 heterocycles. The number of sulfonamides is 1. The van der Waals surface area contributed by atoms with Gasteiger partial charge < -0.3 is 5.73 Å². The number of hydrogen-bond acceptors (Lipinski definition) is 3. The first-order valence-electron chi connectivity index (χ1n) is 7.12. The summed E-state index contributed by atoms with van der Waals surface area (Å²) in [6.07, 6.45) is 1.91. The van der Waals surface area contributed by atoms with Crippen molar-refractivity contribution in [3.63, 3.8) is 0 Å². The van der Waals surface area contributed by atoms with Crippen molar-refractivity contribution in [1.82, 2.24) is 4.31 Å². The molecule has 4 nitrogen and oxygen atoms in total. The lowest BCUT2D eigenvalue weighted by molar-refractivity contribution is 0.360. The third-order valence-corrected chi connectivity index (χ3v) is 5.80. The van der Waals surface area contributed by atoms with Gasteiger partial charge >= 0.3 is 0 Å². The van der Waals surface area contributed by atoms with Gasteiger partial charge in [-0.05, 0) is 43.7 Å². The summed E-state index contributed by atoms with van der Waals surface area (Å²) in [5.41, 5.74) is 7.98. The van der Waals surface area contributed by atoms with Crippen LogP contribution in [0.15, 0.2) is 17.0 Å². The van der Waals surface area contributed by atoms with E-state index in [9.17, 15) is 8.42 Å². The molecule has 0 radical (unpaired) electrons. The van der Waals surface area contributed by atoms with Gasteiger partial charge in [-0.2, -0.15) is 4.31 Å². The van der Waals surface area contributed by atoms with Crippen molar-refractivity contribution in [2.24, 2.45) is 5.92 Å². The van der Waals surface area contributed by atoms with Gasteiger partial charge in [-0.15, -0.1) is 0 Å². The van der Waals surface area contributed by atoms with Gasteiger partial charge in [-0.25, -0.2) is 8.42 Å². The van der Waals surface area contributed by atoms with Crippen molar-refractivity contribution in [3.05, 3.63) is 23.3 Å². The van der Waals surface area contributed by atoms with Crippen LogP contribution in [0.25, 0.3) is 0 Å². The summed E-state index contributed by atoms with van der Waals surface area (Å²) in [6, 6.07) is 3.86. The first kappa shape index (κ1) is 15.3. The molecule has 0 unspecified atom stereocenters. The lowest BCUT2D eigenvalue weighted by Gasteiger charge is -2.25. The minimum absolute atomic E-state index is 0.154. The fourth-order valence-electron chi connectivity index (χ4n) is 2.43. The van der Waals surface area contributed by atoms with Crippen LogP contribution in [0.1, 0.15) is 37.8 Å². The van der Waals surface area contributed by atoms with Crippen LogP contribution in [-0.4, -0.2) is 25.3 Å². The topological polar surface area (TPSA) is 63.4 Å². The zero-order valence-electron chi connectivity index (χ0n) is 12.7. The van der Waals surface area contributed by atoms with Crippen LogP contribution in [0.4, 0.5) is 5.69 Å². The highest BCUT2D eigenvalue weighted by atomic mass is 32.2. The largest absolute Gasteiger partial charge is 0.397 e. The van der Waals surface area contributed by atoms with Crippen molar-refractivity contribution in [2.75, 3.05) is 12.3 Å². The third kappa shape index (κ3) is 2.83. The Balaban J connectivity index is 2.51. The molecule has 0 amide bonds. The number of benzene rings is 1. The molecule has 2 rings (SSSR count). The van der Waals surface area contributed by atoms with E-state index < -0.39 is 10.0 Å². The Labute approximate surface area is 122 Å². The number of nitrogens with zero attached hydrogens (tertiary/aromatic N) is 1. The average molecular weight is 296 g/mol. The summed E-state index contributed by atoms with van der Waals surface area (Å²) in [6.45, 7) is 8.29. The number of nitrogen functional groups attached to an aromatic ring is 1. The van der Waals surface area contributed by atoms with E-state index in [0.717, 1.165) is 24.0 Å². The maximum absolute atomic E-state index is 13.0. The van der Waals surface area contributed by atoms with E-state index in [1.165, 1.54) is 0 Å². The number of rotatable bonds is 5. The summed E-state index contributed by atoms with van der Waals surface area (Å²) >= 11 is 0. The SMILES string of the molecule is Cc1ccc(C)c(S(=O)(=O)N(CC(C)C)C2CC2)c1N. The van der Waals surface area contributed by atoms with E-state index in [4.69, 9.17) is 5.73 Å². The maximum atomic E-state index is 13.0. The highest BCUT2D eigenvalue weighted by Crippen LogP contribution is 2.36. The summed E-state index contributed by atoms with van der Waals surface area (Å²) < 4.78 is 27.6. The maximum Gasteiger partial charge on any atom is 0.245 e. The van der Waals surface area contributed by atoms with Crippen LogP contribution in [-0.2, 0) is 10.0 Å². The third-order valence-electron chi connectivity index (χ3n) is 3.68. The predicted octanol–water partition coefficient (Wildman–Crippen LogP) is 2.69. The molecule has 1 saturated carbocycles. The highest BCUT2D eigenvalue weighted by molar-refractivity contribution is 7.89.